The minimum Gasteiger partial charge on any atom is -0.461 e. The topological polar surface area (TPSA) is 63.5 Å². The van der Waals surface area contributed by atoms with Gasteiger partial charge in [-0.2, -0.15) is 0 Å². The van der Waals surface area contributed by atoms with Crippen LogP contribution in [0.2, 0.25) is 0 Å². The molecule has 0 radical (unpaired) electrons. The van der Waals surface area contributed by atoms with Gasteiger partial charge in [0.05, 0.1) is 5.69 Å². The van der Waals surface area contributed by atoms with Gasteiger partial charge in [-0.1, -0.05) is 18.2 Å². The lowest BCUT2D eigenvalue weighted by molar-refractivity contribution is 0.578. The molecule has 0 saturated carbocycles. The van der Waals surface area contributed by atoms with Crippen molar-refractivity contribution in [2.24, 2.45) is 10.7 Å². The van der Waals surface area contributed by atoms with E-state index in [4.69, 9.17) is 10.2 Å². The largest absolute Gasteiger partial charge is 0.461 e. The summed E-state index contributed by atoms with van der Waals surface area (Å²) in [5.74, 6) is 1.25. The number of rotatable bonds is 2. The van der Waals surface area contributed by atoms with Crippen molar-refractivity contribution in [3.05, 3.63) is 60.4 Å². The zero-order valence-electron chi connectivity index (χ0n) is 11.1. The molecule has 4 nitrogen and oxygen atoms in total. The van der Waals surface area contributed by atoms with Gasteiger partial charge in [0, 0.05) is 11.1 Å². The number of benzene rings is 2. The van der Waals surface area contributed by atoms with Gasteiger partial charge in [-0.15, -0.1) is 0 Å². The molecule has 0 aliphatic heterocycles. The first-order valence-electron chi connectivity index (χ1n) is 6.37. The van der Waals surface area contributed by atoms with Crippen LogP contribution in [0.1, 0.15) is 5.76 Å². The van der Waals surface area contributed by atoms with E-state index in [9.17, 15) is 0 Å². The van der Waals surface area contributed by atoms with Gasteiger partial charge in [0.25, 0.3) is 0 Å². The molecule has 0 bridgehead atoms. The van der Waals surface area contributed by atoms with Crippen LogP contribution in [0.5, 0.6) is 0 Å². The molecule has 3 aromatic rings. The smallest absolute Gasteiger partial charge is 0.198 e. The van der Waals surface area contributed by atoms with E-state index in [0.717, 1.165) is 28.1 Å². The normalized spacial score (nSPS) is 11.8. The van der Waals surface area contributed by atoms with Crippen molar-refractivity contribution in [3.8, 4) is 0 Å². The van der Waals surface area contributed by atoms with E-state index in [2.05, 4.69) is 10.3 Å². The van der Waals surface area contributed by atoms with Gasteiger partial charge < -0.3 is 15.5 Å². The third kappa shape index (κ3) is 2.64. The Morgan fingerprint density at radius 1 is 1.10 bits per heavy atom. The summed E-state index contributed by atoms with van der Waals surface area (Å²) in [6.45, 7) is 1.93. The minimum absolute atomic E-state index is 0.357. The van der Waals surface area contributed by atoms with Crippen molar-refractivity contribution >= 4 is 28.3 Å². The summed E-state index contributed by atoms with van der Waals surface area (Å²) < 4.78 is 5.53. The Hall–Kier alpha value is -2.75. The lowest BCUT2D eigenvalue weighted by Gasteiger charge is -2.05. The molecule has 4 heteroatoms. The quantitative estimate of drug-likeness (QED) is 0.547. The van der Waals surface area contributed by atoms with Crippen LogP contribution in [0, 0.1) is 6.92 Å². The number of nitrogens with one attached hydrogen (secondary N) is 1. The van der Waals surface area contributed by atoms with Gasteiger partial charge in [0.2, 0.25) is 0 Å². The highest BCUT2D eigenvalue weighted by Crippen LogP contribution is 2.22. The molecule has 0 amide bonds. The molecule has 0 saturated heterocycles. The molecule has 0 unspecified atom stereocenters. The number of nitrogens with two attached hydrogens (primary N) is 1. The predicted octanol–water partition coefficient (Wildman–Crippen LogP) is 3.80. The molecular weight excluding hydrogens is 250 g/mol. The third-order valence-electron chi connectivity index (χ3n) is 2.92. The molecule has 0 atom stereocenters. The summed E-state index contributed by atoms with van der Waals surface area (Å²) in [5.41, 5.74) is 8.47. The fraction of sp³-hybridized carbons (Fsp3) is 0.0625. The lowest BCUT2D eigenvalue weighted by Crippen LogP contribution is -2.21. The first-order chi connectivity index (χ1) is 9.70. The van der Waals surface area contributed by atoms with Crippen LogP contribution >= 0.6 is 0 Å². The average Bonchev–Trinajstić information content (AvgIpc) is 2.79. The third-order valence-corrected chi connectivity index (χ3v) is 2.92. The van der Waals surface area contributed by atoms with Crippen LogP contribution < -0.4 is 11.1 Å². The molecule has 1 heterocycles. The summed E-state index contributed by atoms with van der Waals surface area (Å²) in [7, 11) is 0. The number of hydrogen-bond acceptors (Lipinski definition) is 2. The summed E-state index contributed by atoms with van der Waals surface area (Å²) in [5, 5.41) is 4.12. The van der Waals surface area contributed by atoms with E-state index in [1.54, 1.807) is 0 Å². The van der Waals surface area contributed by atoms with Crippen LogP contribution in [-0.4, -0.2) is 5.96 Å². The van der Waals surface area contributed by atoms with Crippen LogP contribution in [0.3, 0.4) is 0 Å². The maximum absolute atomic E-state index is 5.90. The number of nitrogens with zero attached hydrogens (tertiary/aromatic N) is 1. The Labute approximate surface area is 116 Å². The highest BCUT2D eigenvalue weighted by atomic mass is 16.3. The fourth-order valence-corrected chi connectivity index (χ4v) is 2.07. The van der Waals surface area contributed by atoms with Crippen molar-refractivity contribution in [2.45, 2.75) is 6.92 Å². The molecule has 1 aromatic heterocycles. The Bertz CT molecular complexity index is 760. The van der Waals surface area contributed by atoms with Gasteiger partial charge in [0.15, 0.2) is 5.96 Å². The van der Waals surface area contributed by atoms with Crippen molar-refractivity contribution in [2.75, 3.05) is 5.32 Å². The first kappa shape index (κ1) is 12.3. The number of para-hydroxylation sites is 1. The number of guanidine groups is 1. The van der Waals surface area contributed by atoms with Gasteiger partial charge in [-0.3, -0.25) is 0 Å². The molecule has 0 aliphatic carbocycles. The SMILES string of the molecule is Cc1cc2cc(NC(N)=Nc3ccccc3)ccc2o1. The van der Waals surface area contributed by atoms with Gasteiger partial charge >= 0.3 is 0 Å². The summed E-state index contributed by atoms with van der Waals surface area (Å²) in [6, 6.07) is 17.4. The van der Waals surface area contributed by atoms with Crippen LogP contribution in [0.4, 0.5) is 11.4 Å². The molecule has 0 spiro atoms. The molecule has 0 aliphatic rings. The zero-order valence-corrected chi connectivity index (χ0v) is 11.1. The maximum atomic E-state index is 5.90. The van der Waals surface area contributed by atoms with E-state index in [0.29, 0.717) is 5.96 Å². The number of furan rings is 1. The van der Waals surface area contributed by atoms with Crippen LogP contribution in [-0.2, 0) is 0 Å². The second-order valence-electron chi connectivity index (χ2n) is 4.57. The van der Waals surface area contributed by atoms with E-state index < -0.39 is 0 Å². The lowest BCUT2D eigenvalue weighted by atomic mass is 10.2. The van der Waals surface area contributed by atoms with Crippen molar-refractivity contribution in [1.82, 2.24) is 0 Å². The predicted molar refractivity (Wildman–Crippen MR) is 82.3 cm³/mol. The molecule has 3 N–H and O–H groups in total. The van der Waals surface area contributed by atoms with Gasteiger partial charge in [-0.05, 0) is 43.3 Å². The zero-order chi connectivity index (χ0) is 13.9. The standard InChI is InChI=1S/C16H15N3O/c1-11-9-12-10-14(7-8-15(12)20-11)19-16(17)18-13-5-3-2-4-6-13/h2-10H,1H3,(H3,17,18,19). The minimum atomic E-state index is 0.357. The number of anilines is 1. The second kappa shape index (κ2) is 5.09. The van der Waals surface area contributed by atoms with E-state index in [1.807, 2.05) is 61.5 Å². The van der Waals surface area contributed by atoms with Gasteiger partial charge in [0.1, 0.15) is 11.3 Å². The Morgan fingerprint density at radius 3 is 2.70 bits per heavy atom. The Balaban J connectivity index is 1.83. The fourth-order valence-electron chi connectivity index (χ4n) is 2.07. The highest BCUT2D eigenvalue weighted by Gasteiger charge is 2.02. The average molecular weight is 265 g/mol. The van der Waals surface area contributed by atoms with Crippen molar-refractivity contribution in [3.63, 3.8) is 0 Å². The molecule has 3 rings (SSSR count). The van der Waals surface area contributed by atoms with Crippen molar-refractivity contribution in [1.29, 1.82) is 0 Å². The monoisotopic (exact) mass is 265 g/mol. The highest BCUT2D eigenvalue weighted by molar-refractivity contribution is 5.96. The number of aliphatic imine (C=N–C) groups is 1. The van der Waals surface area contributed by atoms with Crippen LogP contribution in [0.25, 0.3) is 11.0 Å². The molecule has 2 aromatic carbocycles. The number of hydrogen-bond donors (Lipinski definition) is 2. The Kier molecular flexibility index (Phi) is 3.13. The number of fused-ring (bicyclic) bond motifs is 1. The summed E-state index contributed by atoms with van der Waals surface area (Å²) >= 11 is 0. The van der Waals surface area contributed by atoms with E-state index >= 15 is 0 Å². The molecular formula is C16H15N3O. The van der Waals surface area contributed by atoms with Crippen molar-refractivity contribution < 1.29 is 4.42 Å². The van der Waals surface area contributed by atoms with Gasteiger partial charge in [-0.25, -0.2) is 4.99 Å². The Morgan fingerprint density at radius 2 is 1.90 bits per heavy atom. The van der Waals surface area contributed by atoms with E-state index in [-0.39, 0.29) is 0 Å². The summed E-state index contributed by atoms with van der Waals surface area (Å²) in [4.78, 5) is 4.30. The molecule has 0 fully saturated rings. The maximum Gasteiger partial charge on any atom is 0.198 e. The summed E-state index contributed by atoms with van der Waals surface area (Å²) in [6.07, 6.45) is 0. The first-order valence-corrected chi connectivity index (χ1v) is 6.37. The second-order valence-corrected chi connectivity index (χ2v) is 4.57. The van der Waals surface area contributed by atoms with Crippen LogP contribution in [0.15, 0.2) is 64.0 Å². The molecule has 20 heavy (non-hydrogen) atoms. The van der Waals surface area contributed by atoms with E-state index in [1.165, 1.54) is 0 Å². The number of aryl methyl sites for hydroxylation is 1. The molecule has 100 valence electrons.